The van der Waals surface area contributed by atoms with Gasteiger partial charge in [0.05, 0.1) is 7.11 Å². The normalized spacial score (nSPS) is 14.0. The van der Waals surface area contributed by atoms with Crippen molar-refractivity contribution in [2.24, 2.45) is 0 Å². The molecule has 7 nitrogen and oxygen atoms in total. The van der Waals surface area contributed by atoms with Crippen molar-refractivity contribution in [1.29, 1.82) is 0 Å². The Kier molecular flexibility index (Phi) is 5.37. The second-order valence-electron chi connectivity index (χ2n) is 6.91. The van der Waals surface area contributed by atoms with E-state index < -0.39 is 0 Å². The molecular formula is C22H23N5O2. The number of hydrogen-bond donors (Lipinski definition) is 0. The van der Waals surface area contributed by atoms with Gasteiger partial charge in [-0.2, -0.15) is 0 Å². The van der Waals surface area contributed by atoms with Gasteiger partial charge < -0.3 is 14.5 Å². The van der Waals surface area contributed by atoms with Crippen LogP contribution in [0.5, 0.6) is 5.75 Å². The minimum absolute atomic E-state index is 0.0205. The van der Waals surface area contributed by atoms with Gasteiger partial charge in [-0.15, -0.1) is 0 Å². The van der Waals surface area contributed by atoms with E-state index in [0.29, 0.717) is 43.4 Å². The van der Waals surface area contributed by atoms with E-state index in [1.165, 1.54) is 0 Å². The van der Waals surface area contributed by atoms with Crippen molar-refractivity contribution < 1.29 is 9.53 Å². The van der Waals surface area contributed by atoms with E-state index in [9.17, 15) is 4.79 Å². The minimum Gasteiger partial charge on any atom is -0.494 e. The van der Waals surface area contributed by atoms with Crippen molar-refractivity contribution in [2.75, 3.05) is 38.2 Å². The highest BCUT2D eigenvalue weighted by atomic mass is 16.5. The molecule has 1 amide bonds. The molecule has 3 heterocycles. The van der Waals surface area contributed by atoms with E-state index in [-0.39, 0.29) is 5.91 Å². The van der Waals surface area contributed by atoms with Gasteiger partial charge in [-0.05, 0) is 37.3 Å². The smallest absolute Gasteiger partial charge is 0.253 e. The molecule has 1 aromatic carbocycles. The Labute approximate surface area is 170 Å². The first-order valence-corrected chi connectivity index (χ1v) is 9.59. The lowest BCUT2D eigenvalue weighted by atomic mass is 10.1. The summed E-state index contributed by atoms with van der Waals surface area (Å²) in [6, 6.07) is 13.2. The molecule has 4 rings (SSSR count). The zero-order valence-electron chi connectivity index (χ0n) is 16.6. The van der Waals surface area contributed by atoms with Crippen LogP contribution in [0.25, 0.3) is 11.3 Å². The quantitative estimate of drug-likeness (QED) is 0.683. The molecule has 0 atom stereocenters. The Morgan fingerprint density at radius 1 is 1.00 bits per heavy atom. The minimum atomic E-state index is 0.0205. The van der Waals surface area contributed by atoms with Gasteiger partial charge in [-0.3, -0.25) is 4.79 Å². The predicted molar refractivity (Wildman–Crippen MR) is 111 cm³/mol. The highest BCUT2D eigenvalue weighted by Gasteiger charge is 2.23. The van der Waals surface area contributed by atoms with Crippen LogP contribution in [0.2, 0.25) is 0 Å². The Morgan fingerprint density at radius 2 is 1.76 bits per heavy atom. The number of piperazine rings is 1. The first-order valence-electron chi connectivity index (χ1n) is 9.59. The number of anilines is 1. The number of carbonyl (C=O) groups is 1. The molecule has 1 saturated heterocycles. The van der Waals surface area contributed by atoms with Crippen LogP contribution in [0.1, 0.15) is 16.1 Å². The number of ether oxygens (including phenoxy) is 1. The van der Waals surface area contributed by atoms with Gasteiger partial charge in [0.2, 0.25) is 5.95 Å². The van der Waals surface area contributed by atoms with Crippen molar-refractivity contribution in [3.8, 4) is 17.0 Å². The molecule has 0 unspecified atom stereocenters. The molecule has 1 aliphatic rings. The maximum atomic E-state index is 13.1. The van der Waals surface area contributed by atoms with E-state index in [0.717, 1.165) is 17.0 Å². The average molecular weight is 389 g/mol. The van der Waals surface area contributed by atoms with E-state index in [1.807, 2.05) is 48.2 Å². The summed E-state index contributed by atoms with van der Waals surface area (Å²) in [5, 5.41) is 0. The number of methoxy groups -OCH3 is 1. The van der Waals surface area contributed by atoms with E-state index in [1.54, 1.807) is 25.6 Å². The Hall–Kier alpha value is -3.48. The first kappa shape index (κ1) is 18.9. The SMILES string of the molecule is COc1ccc(C)nc1-c1cccc(C(=O)N2CCN(c3ncccn3)CC2)c1. The third-order valence-electron chi connectivity index (χ3n) is 5.00. The summed E-state index contributed by atoms with van der Waals surface area (Å²) in [6.45, 7) is 4.62. The van der Waals surface area contributed by atoms with Gasteiger partial charge in [0, 0.05) is 55.4 Å². The highest BCUT2D eigenvalue weighted by Crippen LogP contribution is 2.29. The van der Waals surface area contributed by atoms with Gasteiger partial charge in [0.1, 0.15) is 11.4 Å². The molecule has 0 bridgehead atoms. The first-order chi connectivity index (χ1) is 14.2. The van der Waals surface area contributed by atoms with Crippen molar-refractivity contribution in [3.63, 3.8) is 0 Å². The Bertz CT molecular complexity index is 1000. The fourth-order valence-electron chi connectivity index (χ4n) is 3.46. The number of benzene rings is 1. The lowest BCUT2D eigenvalue weighted by Crippen LogP contribution is -2.49. The maximum Gasteiger partial charge on any atom is 0.253 e. The second kappa shape index (κ2) is 8.26. The standard InChI is InChI=1S/C22H23N5O2/c1-16-7-8-19(29-2)20(25-16)17-5-3-6-18(15-17)21(28)26-11-13-27(14-12-26)22-23-9-4-10-24-22/h3-10,15H,11-14H2,1-2H3. The molecule has 0 N–H and O–H groups in total. The molecule has 2 aromatic heterocycles. The molecule has 3 aromatic rings. The number of rotatable bonds is 4. The summed E-state index contributed by atoms with van der Waals surface area (Å²) in [7, 11) is 1.63. The van der Waals surface area contributed by atoms with Crippen LogP contribution in [-0.4, -0.2) is 59.0 Å². The molecule has 0 radical (unpaired) electrons. The molecule has 1 fully saturated rings. The summed E-state index contributed by atoms with van der Waals surface area (Å²) >= 11 is 0. The number of hydrogen-bond acceptors (Lipinski definition) is 6. The summed E-state index contributed by atoms with van der Waals surface area (Å²) in [6.07, 6.45) is 3.47. The van der Waals surface area contributed by atoms with Gasteiger partial charge in [-0.25, -0.2) is 15.0 Å². The summed E-state index contributed by atoms with van der Waals surface area (Å²) < 4.78 is 5.45. The molecule has 0 spiro atoms. The zero-order chi connectivity index (χ0) is 20.2. The van der Waals surface area contributed by atoms with Crippen LogP contribution in [0.4, 0.5) is 5.95 Å². The Morgan fingerprint density at radius 3 is 2.48 bits per heavy atom. The zero-order valence-corrected chi connectivity index (χ0v) is 16.6. The lowest BCUT2D eigenvalue weighted by Gasteiger charge is -2.34. The molecule has 7 heteroatoms. The largest absolute Gasteiger partial charge is 0.494 e. The van der Waals surface area contributed by atoms with Crippen molar-refractivity contribution >= 4 is 11.9 Å². The van der Waals surface area contributed by atoms with Gasteiger partial charge in [0.15, 0.2) is 0 Å². The molecule has 29 heavy (non-hydrogen) atoms. The van der Waals surface area contributed by atoms with Gasteiger partial charge in [0.25, 0.3) is 5.91 Å². The van der Waals surface area contributed by atoms with Crippen LogP contribution in [0, 0.1) is 6.92 Å². The molecule has 1 aliphatic heterocycles. The number of pyridine rings is 1. The maximum absolute atomic E-state index is 13.1. The number of aromatic nitrogens is 3. The fraction of sp³-hybridized carbons (Fsp3) is 0.273. The number of carbonyl (C=O) groups excluding carboxylic acids is 1. The van der Waals surface area contributed by atoms with E-state index >= 15 is 0 Å². The van der Waals surface area contributed by atoms with Crippen molar-refractivity contribution in [3.05, 3.63) is 66.1 Å². The fourth-order valence-corrected chi connectivity index (χ4v) is 3.46. The Balaban J connectivity index is 1.51. The number of aryl methyl sites for hydroxylation is 1. The van der Waals surface area contributed by atoms with Crippen LogP contribution >= 0.6 is 0 Å². The van der Waals surface area contributed by atoms with Gasteiger partial charge in [-0.1, -0.05) is 12.1 Å². The monoisotopic (exact) mass is 389 g/mol. The van der Waals surface area contributed by atoms with Gasteiger partial charge >= 0.3 is 0 Å². The number of amides is 1. The van der Waals surface area contributed by atoms with Crippen molar-refractivity contribution in [1.82, 2.24) is 19.9 Å². The predicted octanol–water partition coefficient (Wildman–Crippen LogP) is 2.82. The third-order valence-corrected chi connectivity index (χ3v) is 5.00. The summed E-state index contributed by atoms with van der Waals surface area (Å²) in [4.78, 5) is 30.2. The van der Waals surface area contributed by atoms with Crippen LogP contribution in [0.3, 0.4) is 0 Å². The summed E-state index contributed by atoms with van der Waals surface area (Å²) in [5.41, 5.74) is 3.16. The van der Waals surface area contributed by atoms with Crippen LogP contribution < -0.4 is 9.64 Å². The van der Waals surface area contributed by atoms with E-state index in [2.05, 4.69) is 19.9 Å². The van der Waals surface area contributed by atoms with Crippen molar-refractivity contribution in [2.45, 2.75) is 6.92 Å². The molecule has 148 valence electrons. The third kappa shape index (κ3) is 4.03. The number of nitrogens with zero attached hydrogens (tertiary/aromatic N) is 5. The second-order valence-corrected chi connectivity index (χ2v) is 6.91. The van der Waals surface area contributed by atoms with Crippen LogP contribution in [-0.2, 0) is 0 Å². The average Bonchev–Trinajstić information content (AvgIpc) is 2.79. The molecule has 0 saturated carbocycles. The summed E-state index contributed by atoms with van der Waals surface area (Å²) in [5.74, 6) is 1.42. The van der Waals surface area contributed by atoms with Crippen LogP contribution in [0.15, 0.2) is 54.9 Å². The lowest BCUT2D eigenvalue weighted by molar-refractivity contribution is 0.0746. The topological polar surface area (TPSA) is 71.5 Å². The van der Waals surface area contributed by atoms with E-state index in [4.69, 9.17) is 4.74 Å². The molecular weight excluding hydrogens is 366 g/mol. The highest BCUT2D eigenvalue weighted by molar-refractivity contribution is 5.95. The molecule has 0 aliphatic carbocycles.